The Balaban J connectivity index is 2.44. The molecule has 2 aromatic rings. The van der Waals surface area contributed by atoms with Crippen molar-refractivity contribution < 1.29 is 5.11 Å². The maximum Gasteiger partial charge on any atom is 0.104 e. The molecule has 2 heteroatoms. The van der Waals surface area contributed by atoms with Gasteiger partial charge in [-0.05, 0) is 54.7 Å². The van der Waals surface area contributed by atoms with E-state index < -0.39 is 6.10 Å². The van der Waals surface area contributed by atoms with E-state index in [-0.39, 0.29) is 0 Å². The molecule has 1 atom stereocenters. The first-order valence-electron chi connectivity index (χ1n) is 6.01. The Hall–Kier alpha value is -1.12. The lowest BCUT2D eigenvalue weighted by Gasteiger charge is -2.16. The summed E-state index contributed by atoms with van der Waals surface area (Å²) in [7, 11) is 0. The molecular weight excluding hydrogens is 288 g/mol. The second-order valence-electron chi connectivity index (χ2n) is 4.70. The molecule has 94 valence electrons. The normalized spacial score (nSPS) is 12.5. The fourth-order valence-electron chi connectivity index (χ4n) is 2.03. The molecule has 0 aromatic heterocycles. The van der Waals surface area contributed by atoms with Gasteiger partial charge >= 0.3 is 0 Å². The Morgan fingerprint density at radius 2 is 1.72 bits per heavy atom. The van der Waals surface area contributed by atoms with Crippen LogP contribution in [0.25, 0.3) is 0 Å². The average Bonchev–Trinajstić information content (AvgIpc) is 2.35. The predicted octanol–water partition coefficient (Wildman–Crippen LogP) is 4.46. The maximum atomic E-state index is 10.5. The van der Waals surface area contributed by atoms with Crippen molar-refractivity contribution in [3.8, 4) is 0 Å². The predicted molar refractivity (Wildman–Crippen MR) is 78.9 cm³/mol. The van der Waals surface area contributed by atoms with Crippen LogP contribution in [0.4, 0.5) is 0 Å². The van der Waals surface area contributed by atoms with Gasteiger partial charge in [-0.3, -0.25) is 0 Å². The molecule has 0 saturated heterocycles. The van der Waals surface area contributed by atoms with Crippen LogP contribution >= 0.6 is 15.9 Å². The summed E-state index contributed by atoms with van der Waals surface area (Å²) in [5.41, 5.74) is 5.43. The van der Waals surface area contributed by atoms with E-state index in [1.807, 2.05) is 37.3 Å². The van der Waals surface area contributed by atoms with Gasteiger partial charge in [0.15, 0.2) is 0 Å². The molecule has 0 heterocycles. The van der Waals surface area contributed by atoms with Crippen molar-refractivity contribution in [3.63, 3.8) is 0 Å². The smallest absolute Gasteiger partial charge is 0.104 e. The first kappa shape index (κ1) is 13.3. The summed E-state index contributed by atoms with van der Waals surface area (Å²) in [5.74, 6) is 0. The molecule has 0 spiro atoms. The van der Waals surface area contributed by atoms with Gasteiger partial charge in [0, 0.05) is 4.47 Å². The largest absolute Gasteiger partial charge is 0.384 e. The number of aliphatic hydroxyl groups excluding tert-OH is 1. The molecule has 1 nitrogen and oxygen atoms in total. The molecular formula is C16H17BrO. The standard InChI is InChI=1S/C16H17BrO/c1-10-5-4-6-14(12(10)3)16(18)13-8-7-11(2)15(17)9-13/h4-9,16,18H,1-3H3. The van der Waals surface area contributed by atoms with Crippen LogP contribution in [0.2, 0.25) is 0 Å². The second kappa shape index (κ2) is 5.25. The van der Waals surface area contributed by atoms with Crippen LogP contribution in [0.15, 0.2) is 40.9 Å². The van der Waals surface area contributed by atoms with E-state index in [1.54, 1.807) is 0 Å². The number of hydrogen-bond donors (Lipinski definition) is 1. The van der Waals surface area contributed by atoms with Gasteiger partial charge in [-0.2, -0.15) is 0 Å². The zero-order valence-corrected chi connectivity index (χ0v) is 12.5. The highest BCUT2D eigenvalue weighted by Crippen LogP contribution is 2.29. The first-order valence-corrected chi connectivity index (χ1v) is 6.80. The molecule has 0 radical (unpaired) electrons. The quantitative estimate of drug-likeness (QED) is 0.868. The Morgan fingerprint density at radius 3 is 2.39 bits per heavy atom. The van der Waals surface area contributed by atoms with Crippen LogP contribution in [0.3, 0.4) is 0 Å². The fourth-order valence-corrected chi connectivity index (χ4v) is 2.43. The zero-order valence-electron chi connectivity index (χ0n) is 10.9. The van der Waals surface area contributed by atoms with Crippen molar-refractivity contribution in [2.24, 2.45) is 0 Å². The molecule has 2 rings (SSSR count). The second-order valence-corrected chi connectivity index (χ2v) is 5.55. The number of hydrogen-bond acceptors (Lipinski definition) is 1. The number of rotatable bonds is 2. The molecule has 0 amide bonds. The molecule has 18 heavy (non-hydrogen) atoms. The summed E-state index contributed by atoms with van der Waals surface area (Å²) in [5, 5.41) is 10.5. The summed E-state index contributed by atoms with van der Waals surface area (Å²) in [6.07, 6.45) is -0.568. The molecule has 0 aliphatic carbocycles. The highest BCUT2D eigenvalue weighted by Gasteiger charge is 2.14. The zero-order chi connectivity index (χ0) is 13.3. The lowest BCUT2D eigenvalue weighted by Crippen LogP contribution is -2.03. The molecule has 1 N–H and O–H groups in total. The molecule has 0 fully saturated rings. The highest BCUT2D eigenvalue weighted by molar-refractivity contribution is 9.10. The summed E-state index contributed by atoms with van der Waals surface area (Å²) in [6, 6.07) is 12.0. The Morgan fingerprint density at radius 1 is 1.00 bits per heavy atom. The number of aryl methyl sites for hydroxylation is 2. The van der Waals surface area contributed by atoms with Crippen LogP contribution in [0.1, 0.15) is 33.9 Å². The van der Waals surface area contributed by atoms with E-state index in [4.69, 9.17) is 0 Å². The van der Waals surface area contributed by atoms with Crippen LogP contribution in [-0.4, -0.2) is 5.11 Å². The summed E-state index contributed by atoms with van der Waals surface area (Å²) in [4.78, 5) is 0. The van der Waals surface area contributed by atoms with Gasteiger partial charge in [-0.15, -0.1) is 0 Å². The topological polar surface area (TPSA) is 20.2 Å². The van der Waals surface area contributed by atoms with Crippen LogP contribution in [0, 0.1) is 20.8 Å². The maximum absolute atomic E-state index is 10.5. The van der Waals surface area contributed by atoms with Crippen LogP contribution < -0.4 is 0 Å². The number of benzene rings is 2. The Bertz CT molecular complexity index is 575. The minimum atomic E-state index is -0.568. The third-order valence-electron chi connectivity index (χ3n) is 3.45. The van der Waals surface area contributed by atoms with Crippen LogP contribution in [0.5, 0.6) is 0 Å². The summed E-state index contributed by atoms with van der Waals surface area (Å²) in [6.45, 7) is 6.16. The molecule has 0 bridgehead atoms. The van der Waals surface area contributed by atoms with E-state index in [0.29, 0.717) is 0 Å². The van der Waals surface area contributed by atoms with Crippen molar-refractivity contribution >= 4 is 15.9 Å². The number of halogens is 1. The Labute approximate surface area is 117 Å². The van der Waals surface area contributed by atoms with Gasteiger partial charge < -0.3 is 5.11 Å². The van der Waals surface area contributed by atoms with E-state index in [9.17, 15) is 5.11 Å². The third-order valence-corrected chi connectivity index (χ3v) is 4.31. The van der Waals surface area contributed by atoms with Crippen LogP contribution in [-0.2, 0) is 0 Å². The van der Waals surface area contributed by atoms with Gasteiger partial charge in [0.25, 0.3) is 0 Å². The Kier molecular flexibility index (Phi) is 3.88. The lowest BCUT2D eigenvalue weighted by atomic mass is 9.94. The fraction of sp³-hybridized carbons (Fsp3) is 0.250. The van der Waals surface area contributed by atoms with Gasteiger partial charge in [0.1, 0.15) is 6.10 Å². The van der Waals surface area contributed by atoms with E-state index in [2.05, 4.69) is 35.8 Å². The van der Waals surface area contributed by atoms with Crippen molar-refractivity contribution in [1.29, 1.82) is 0 Å². The van der Waals surface area contributed by atoms with E-state index >= 15 is 0 Å². The minimum absolute atomic E-state index is 0.568. The van der Waals surface area contributed by atoms with Gasteiger partial charge in [-0.25, -0.2) is 0 Å². The highest BCUT2D eigenvalue weighted by atomic mass is 79.9. The van der Waals surface area contributed by atoms with Crippen molar-refractivity contribution in [2.45, 2.75) is 26.9 Å². The SMILES string of the molecule is Cc1ccc(C(O)c2cccc(C)c2C)cc1Br. The van der Waals surface area contributed by atoms with Gasteiger partial charge in [0.2, 0.25) is 0 Å². The lowest BCUT2D eigenvalue weighted by molar-refractivity contribution is 0.219. The minimum Gasteiger partial charge on any atom is -0.384 e. The molecule has 0 saturated carbocycles. The monoisotopic (exact) mass is 304 g/mol. The molecule has 0 aliphatic rings. The molecule has 1 unspecified atom stereocenters. The molecule has 2 aromatic carbocycles. The van der Waals surface area contributed by atoms with Crippen molar-refractivity contribution in [3.05, 3.63) is 68.7 Å². The summed E-state index contributed by atoms with van der Waals surface area (Å²) >= 11 is 3.51. The third kappa shape index (κ3) is 2.50. The van der Waals surface area contributed by atoms with Gasteiger partial charge in [0.05, 0.1) is 0 Å². The van der Waals surface area contributed by atoms with Crippen molar-refractivity contribution in [1.82, 2.24) is 0 Å². The number of aliphatic hydroxyl groups is 1. The first-order chi connectivity index (χ1) is 8.50. The van der Waals surface area contributed by atoms with Gasteiger partial charge in [-0.1, -0.05) is 46.3 Å². The summed E-state index contributed by atoms with van der Waals surface area (Å²) < 4.78 is 1.03. The van der Waals surface area contributed by atoms with Crippen molar-refractivity contribution in [2.75, 3.05) is 0 Å². The average molecular weight is 305 g/mol. The van der Waals surface area contributed by atoms with E-state index in [1.165, 1.54) is 11.1 Å². The van der Waals surface area contributed by atoms with E-state index in [0.717, 1.165) is 21.2 Å². The molecule has 0 aliphatic heterocycles.